The number of aromatic nitrogens is 1. The van der Waals surface area contributed by atoms with E-state index in [4.69, 9.17) is 0 Å². The zero-order valence-electron chi connectivity index (χ0n) is 8.63. The van der Waals surface area contributed by atoms with Crippen molar-refractivity contribution in [3.05, 3.63) is 53.0 Å². The summed E-state index contributed by atoms with van der Waals surface area (Å²) in [6.45, 7) is 3.86. The van der Waals surface area contributed by atoms with Gasteiger partial charge in [-0.25, -0.2) is 0 Å². The van der Waals surface area contributed by atoms with Gasteiger partial charge in [-0.15, -0.1) is 0 Å². The molecule has 1 heterocycles. The van der Waals surface area contributed by atoms with Gasteiger partial charge in [0.1, 0.15) is 0 Å². The van der Waals surface area contributed by atoms with E-state index < -0.39 is 0 Å². The van der Waals surface area contributed by atoms with E-state index in [9.17, 15) is 0 Å². The first kappa shape index (κ1) is 9.67. The summed E-state index contributed by atoms with van der Waals surface area (Å²) in [4.78, 5) is 3.44. The molecule has 16 heavy (non-hydrogen) atoms. The van der Waals surface area contributed by atoms with Crippen LogP contribution in [0.2, 0.25) is 0 Å². The normalized spacial score (nSPS) is 11.1. The second kappa shape index (κ2) is 3.49. The standard InChI is InChI=1S/C14H10BrN/c1-2-9-12(15)8-7-11-10-5-3-4-6-13(10)16-14(9)11/h2-8,16H,1H2. The van der Waals surface area contributed by atoms with Crippen LogP contribution in [0.3, 0.4) is 0 Å². The second-order valence-electron chi connectivity index (χ2n) is 3.76. The Morgan fingerprint density at radius 1 is 1.06 bits per heavy atom. The number of halogens is 1. The molecule has 1 nitrogen and oxygen atoms in total. The second-order valence-corrected chi connectivity index (χ2v) is 4.61. The number of hydrogen-bond acceptors (Lipinski definition) is 0. The first-order valence-electron chi connectivity index (χ1n) is 5.12. The van der Waals surface area contributed by atoms with Gasteiger partial charge >= 0.3 is 0 Å². The molecule has 0 unspecified atom stereocenters. The Morgan fingerprint density at radius 2 is 1.88 bits per heavy atom. The van der Waals surface area contributed by atoms with Crippen molar-refractivity contribution in [3.63, 3.8) is 0 Å². The number of aromatic amines is 1. The van der Waals surface area contributed by atoms with E-state index in [-0.39, 0.29) is 0 Å². The highest BCUT2D eigenvalue weighted by Gasteiger charge is 2.08. The molecule has 0 aliphatic rings. The minimum atomic E-state index is 1.07. The Bertz CT molecular complexity index is 694. The van der Waals surface area contributed by atoms with Crippen molar-refractivity contribution in [1.29, 1.82) is 0 Å². The smallest absolute Gasteiger partial charge is 0.0549 e. The molecule has 0 aliphatic carbocycles. The minimum Gasteiger partial charge on any atom is -0.354 e. The molecule has 0 spiro atoms. The van der Waals surface area contributed by atoms with Crippen molar-refractivity contribution < 1.29 is 0 Å². The molecule has 0 atom stereocenters. The number of rotatable bonds is 1. The Hall–Kier alpha value is -1.54. The molecule has 2 aromatic carbocycles. The number of H-pyrrole nitrogens is 1. The lowest BCUT2D eigenvalue weighted by Gasteiger charge is -1.99. The van der Waals surface area contributed by atoms with Gasteiger partial charge < -0.3 is 4.98 Å². The van der Waals surface area contributed by atoms with Gasteiger partial charge in [-0.1, -0.05) is 52.9 Å². The van der Waals surface area contributed by atoms with Gasteiger partial charge in [0.2, 0.25) is 0 Å². The van der Waals surface area contributed by atoms with E-state index in [1.807, 2.05) is 12.1 Å². The van der Waals surface area contributed by atoms with Gasteiger partial charge in [-0.2, -0.15) is 0 Å². The summed E-state index contributed by atoms with van der Waals surface area (Å²) < 4.78 is 1.07. The van der Waals surface area contributed by atoms with Crippen LogP contribution in [0.25, 0.3) is 27.9 Å². The maximum absolute atomic E-state index is 3.86. The van der Waals surface area contributed by atoms with Gasteiger partial charge in [0.15, 0.2) is 0 Å². The van der Waals surface area contributed by atoms with Crippen molar-refractivity contribution in [3.8, 4) is 0 Å². The predicted molar refractivity (Wildman–Crippen MR) is 73.6 cm³/mol. The molecule has 78 valence electrons. The predicted octanol–water partition coefficient (Wildman–Crippen LogP) is 4.73. The van der Waals surface area contributed by atoms with Gasteiger partial charge in [0, 0.05) is 26.3 Å². The molecule has 0 radical (unpaired) electrons. The average molecular weight is 272 g/mol. The number of benzene rings is 2. The molecule has 0 aliphatic heterocycles. The van der Waals surface area contributed by atoms with E-state index >= 15 is 0 Å². The highest BCUT2D eigenvalue weighted by molar-refractivity contribution is 9.10. The molecule has 1 N–H and O–H groups in total. The summed E-state index contributed by atoms with van der Waals surface area (Å²) in [5, 5.41) is 2.50. The molecule has 0 amide bonds. The zero-order valence-corrected chi connectivity index (χ0v) is 10.2. The van der Waals surface area contributed by atoms with Gasteiger partial charge in [-0.05, 0) is 12.1 Å². The van der Waals surface area contributed by atoms with Crippen LogP contribution in [-0.2, 0) is 0 Å². The highest BCUT2D eigenvalue weighted by atomic mass is 79.9. The van der Waals surface area contributed by atoms with E-state index in [1.165, 1.54) is 16.3 Å². The van der Waals surface area contributed by atoms with Crippen LogP contribution in [0, 0.1) is 0 Å². The fourth-order valence-corrected chi connectivity index (χ4v) is 2.61. The van der Waals surface area contributed by atoms with Gasteiger partial charge in [0.05, 0.1) is 5.52 Å². The van der Waals surface area contributed by atoms with Crippen LogP contribution in [-0.4, -0.2) is 4.98 Å². The number of hydrogen-bond donors (Lipinski definition) is 1. The third kappa shape index (κ3) is 1.23. The van der Waals surface area contributed by atoms with Crippen LogP contribution in [0.1, 0.15) is 5.56 Å². The lowest BCUT2D eigenvalue weighted by Crippen LogP contribution is -1.78. The van der Waals surface area contributed by atoms with Crippen molar-refractivity contribution in [2.75, 3.05) is 0 Å². The lowest BCUT2D eigenvalue weighted by atomic mass is 10.1. The van der Waals surface area contributed by atoms with Crippen LogP contribution in [0.5, 0.6) is 0 Å². The molecular formula is C14H10BrN. The van der Waals surface area contributed by atoms with Crippen molar-refractivity contribution >= 4 is 43.8 Å². The third-order valence-electron chi connectivity index (χ3n) is 2.87. The van der Waals surface area contributed by atoms with Gasteiger partial charge in [0.25, 0.3) is 0 Å². The SMILES string of the molecule is C=Cc1c(Br)ccc2c1[nH]c1ccccc12. The van der Waals surface area contributed by atoms with Crippen LogP contribution < -0.4 is 0 Å². The molecule has 0 saturated carbocycles. The number of fused-ring (bicyclic) bond motifs is 3. The Balaban J connectivity index is 2.58. The molecule has 0 saturated heterocycles. The summed E-state index contributed by atoms with van der Waals surface area (Å²) >= 11 is 3.54. The molecular weight excluding hydrogens is 262 g/mol. The van der Waals surface area contributed by atoms with Crippen LogP contribution in [0.15, 0.2) is 47.4 Å². The quantitative estimate of drug-likeness (QED) is 0.659. The van der Waals surface area contributed by atoms with Gasteiger partial charge in [-0.3, -0.25) is 0 Å². The van der Waals surface area contributed by atoms with Crippen LogP contribution >= 0.6 is 15.9 Å². The Labute approximate surface area is 102 Å². The zero-order chi connectivity index (χ0) is 11.1. The van der Waals surface area contributed by atoms with Crippen LogP contribution in [0.4, 0.5) is 0 Å². The third-order valence-corrected chi connectivity index (χ3v) is 3.56. The molecule has 0 fully saturated rings. The topological polar surface area (TPSA) is 15.8 Å². The average Bonchev–Trinajstić information content (AvgIpc) is 2.67. The molecule has 2 heteroatoms. The molecule has 3 rings (SSSR count). The monoisotopic (exact) mass is 271 g/mol. The molecule has 3 aromatic rings. The first-order chi connectivity index (χ1) is 7.81. The summed E-state index contributed by atoms with van der Waals surface area (Å²) in [7, 11) is 0. The lowest BCUT2D eigenvalue weighted by molar-refractivity contribution is 1.52. The molecule has 1 aromatic heterocycles. The minimum absolute atomic E-state index is 1.07. The fraction of sp³-hybridized carbons (Fsp3) is 0. The highest BCUT2D eigenvalue weighted by Crippen LogP contribution is 2.32. The summed E-state index contributed by atoms with van der Waals surface area (Å²) in [5.41, 5.74) is 3.43. The van der Waals surface area contributed by atoms with E-state index in [0.717, 1.165) is 15.6 Å². The fourth-order valence-electron chi connectivity index (χ4n) is 2.11. The van der Waals surface area contributed by atoms with Crippen molar-refractivity contribution in [1.82, 2.24) is 4.98 Å². The summed E-state index contributed by atoms with van der Waals surface area (Å²) in [6.07, 6.45) is 1.88. The largest absolute Gasteiger partial charge is 0.354 e. The Morgan fingerprint density at radius 3 is 2.69 bits per heavy atom. The van der Waals surface area contributed by atoms with Crippen molar-refractivity contribution in [2.45, 2.75) is 0 Å². The maximum atomic E-state index is 3.86. The number of para-hydroxylation sites is 1. The van der Waals surface area contributed by atoms with Crippen molar-refractivity contribution in [2.24, 2.45) is 0 Å². The molecule has 0 bridgehead atoms. The van der Waals surface area contributed by atoms with E-state index in [1.54, 1.807) is 0 Å². The first-order valence-corrected chi connectivity index (χ1v) is 5.92. The Kier molecular flexibility index (Phi) is 2.11. The summed E-state index contributed by atoms with van der Waals surface area (Å²) in [6, 6.07) is 12.5. The summed E-state index contributed by atoms with van der Waals surface area (Å²) in [5.74, 6) is 0. The maximum Gasteiger partial charge on any atom is 0.0549 e. The number of nitrogens with one attached hydrogen (secondary N) is 1. The van der Waals surface area contributed by atoms with E-state index in [2.05, 4.69) is 57.8 Å². The van der Waals surface area contributed by atoms with E-state index in [0.29, 0.717) is 0 Å².